The van der Waals surface area contributed by atoms with Gasteiger partial charge < -0.3 is 14.4 Å². The summed E-state index contributed by atoms with van der Waals surface area (Å²) in [5.74, 6) is 2.49. The fraction of sp³-hybridized carbons (Fsp3) is 0.440. The van der Waals surface area contributed by atoms with Gasteiger partial charge in [-0.25, -0.2) is 9.67 Å². The molecule has 0 aliphatic carbocycles. The third-order valence-corrected chi connectivity index (χ3v) is 5.82. The van der Waals surface area contributed by atoms with Crippen molar-refractivity contribution >= 4 is 5.91 Å². The van der Waals surface area contributed by atoms with Gasteiger partial charge in [0.15, 0.2) is 0 Å². The molecule has 0 saturated carbocycles. The van der Waals surface area contributed by atoms with Crippen molar-refractivity contribution in [1.82, 2.24) is 24.6 Å². The van der Waals surface area contributed by atoms with Crippen molar-refractivity contribution in [2.45, 2.75) is 46.3 Å². The van der Waals surface area contributed by atoms with Crippen LogP contribution in [0.2, 0.25) is 0 Å². The molecule has 2 aromatic heterocycles. The van der Waals surface area contributed by atoms with Gasteiger partial charge in [0.1, 0.15) is 23.5 Å². The number of hydrogen-bond donors (Lipinski definition) is 0. The Morgan fingerprint density at radius 1 is 1.15 bits per heavy atom. The van der Waals surface area contributed by atoms with E-state index in [2.05, 4.69) is 28.3 Å². The van der Waals surface area contributed by atoms with E-state index < -0.39 is 0 Å². The summed E-state index contributed by atoms with van der Waals surface area (Å²) in [5.41, 5.74) is 4.14. The second-order valence-electron chi connectivity index (χ2n) is 8.45. The van der Waals surface area contributed by atoms with Crippen LogP contribution in [-0.2, 0) is 22.5 Å². The fourth-order valence-corrected chi connectivity index (χ4v) is 4.24. The van der Waals surface area contributed by atoms with Crippen LogP contribution in [0.3, 0.4) is 0 Å². The van der Waals surface area contributed by atoms with E-state index >= 15 is 0 Å². The molecule has 0 spiro atoms. The third-order valence-electron chi connectivity index (χ3n) is 5.82. The van der Waals surface area contributed by atoms with Gasteiger partial charge in [-0.05, 0) is 62.6 Å². The Bertz CT molecular complexity index is 1130. The molecule has 0 bridgehead atoms. The Balaban J connectivity index is 1.42. The molecule has 0 N–H and O–H groups in total. The van der Waals surface area contributed by atoms with Gasteiger partial charge in [0, 0.05) is 18.7 Å². The molecule has 0 radical (unpaired) electrons. The van der Waals surface area contributed by atoms with Gasteiger partial charge in [-0.3, -0.25) is 9.78 Å². The first kappa shape index (κ1) is 22.9. The Morgan fingerprint density at radius 3 is 2.76 bits per heavy atom. The van der Waals surface area contributed by atoms with Gasteiger partial charge in [0.25, 0.3) is 0 Å². The van der Waals surface area contributed by atoms with Crippen molar-refractivity contribution < 1.29 is 14.3 Å². The molecule has 1 aromatic carbocycles. The van der Waals surface area contributed by atoms with Crippen LogP contribution in [0.15, 0.2) is 36.4 Å². The highest BCUT2D eigenvalue weighted by atomic mass is 16.5. The highest BCUT2D eigenvalue weighted by molar-refractivity contribution is 5.76. The number of ether oxygens (including phenoxy) is 2. The standard InChI is InChI=1S/C25H31N5O3/c1-17-12-21(13-20-6-5-7-22(14-20)32-4)15-23(26-17)24-16-29(10-11-33-24)25(31)8-9-30-19(3)27-18(2)28-30/h5-7,12,14-15,24H,8-11,13,16H2,1-4H3/t24-/m0/s1. The second-order valence-corrected chi connectivity index (χ2v) is 8.45. The molecule has 8 heteroatoms. The highest BCUT2D eigenvalue weighted by Crippen LogP contribution is 2.24. The van der Waals surface area contributed by atoms with Crippen molar-refractivity contribution in [2.24, 2.45) is 0 Å². The van der Waals surface area contributed by atoms with Gasteiger partial charge in [-0.15, -0.1) is 0 Å². The zero-order valence-corrected chi connectivity index (χ0v) is 19.7. The number of amides is 1. The molecular weight excluding hydrogens is 418 g/mol. The molecule has 33 heavy (non-hydrogen) atoms. The maximum atomic E-state index is 12.9. The number of methoxy groups -OCH3 is 1. The van der Waals surface area contributed by atoms with Crippen LogP contribution in [0.5, 0.6) is 5.75 Å². The lowest BCUT2D eigenvalue weighted by molar-refractivity contribution is -0.139. The SMILES string of the molecule is COc1cccc(Cc2cc(C)nc([C@@H]3CN(C(=O)CCn4nc(C)nc4C)CCO3)c2)c1. The quantitative estimate of drug-likeness (QED) is 0.551. The number of carbonyl (C=O) groups is 1. The smallest absolute Gasteiger partial charge is 0.224 e. The van der Waals surface area contributed by atoms with E-state index in [4.69, 9.17) is 14.5 Å². The van der Waals surface area contributed by atoms with Crippen molar-refractivity contribution in [3.8, 4) is 5.75 Å². The topological polar surface area (TPSA) is 82.4 Å². The summed E-state index contributed by atoms with van der Waals surface area (Å²) in [6, 6.07) is 12.3. The van der Waals surface area contributed by atoms with Crippen LogP contribution in [0.4, 0.5) is 0 Å². The minimum absolute atomic E-state index is 0.0973. The molecule has 8 nitrogen and oxygen atoms in total. The number of morpholine rings is 1. The first-order valence-corrected chi connectivity index (χ1v) is 11.3. The first-order chi connectivity index (χ1) is 15.9. The van der Waals surface area contributed by atoms with Gasteiger partial charge in [-0.2, -0.15) is 5.10 Å². The van der Waals surface area contributed by atoms with E-state index in [1.54, 1.807) is 11.8 Å². The lowest BCUT2D eigenvalue weighted by Gasteiger charge is -2.33. The van der Waals surface area contributed by atoms with Crippen LogP contribution >= 0.6 is 0 Å². The van der Waals surface area contributed by atoms with Crippen LogP contribution in [0, 0.1) is 20.8 Å². The number of benzene rings is 1. The molecule has 1 saturated heterocycles. The molecule has 1 atom stereocenters. The average Bonchev–Trinajstić information content (AvgIpc) is 3.14. The molecule has 174 valence electrons. The second kappa shape index (κ2) is 10.1. The van der Waals surface area contributed by atoms with E-state index in [9.17, 15) is 4.79 Å². The third kappa shape index (κ3) is 5.76. The molecule has 3 heterocycles. The lowest BCUT2D eigenvalue weighted by atomic mass is 10.0. The van der Waals surface area contributed by atoms with Crippen molar-refractivity contribution in [1.29, 1.82) is 0 Å². The first-order valence-electron chi connectivity index (χ1n) is 11.3. The maximum absolute atomic E-state index is 12.9. The zero-order chi connectivity index (χ0) is 23.4. The molecule has 1 aliphatic heterocycles. The Morgan fingerprint density at radius 2 is 2.00 bits per heavy atom. The summed E-state index contributed by atoms with van der Waals surface area (Å²) < 4.78 is 13.2. The number of nitrogens with zero attached hydrogens (tertiary/aromatic N) is 5. The number of carbonyl (C=O) groups excluding carboxylic acids is 1. The van der Waals surface area contributed by atoms with Crippen LogP contribution < -0.4 is 4.74 Å². The van der Waals surface area contributed by atoms with Gasteiger partial charge in [-0.1, -0.05) is 12.1 Å². The summed E-state index contributed by atoms with van der Waals surface area (Å²) in [5, 5.41) is 4.35. The van der Waals surface area contributed by atoms with Crippen LogP contribution in [0.1, 0.15) is 46.7 Å². The van der Waals surface area contributed by atoms with E-state index in [0.29, 0.717) is 32.7 Å². The predicted octanol–water partition coefficient (Wildman–Crippen LogP) is 3.19. The van der Waals surface area contributed by atoms with Crippen molar-refractivity contribution in [3.05, 3.63) is 70.6 Å². The fourth-order valence-electron chi connectivity index (χ4n) is 4.24. The number of rotatable bonds is 7. The van der Waals surface area contributed by atoms with Gasteiger partial charge >= 0.3 is 0 Å². The van der Waals surface area contributed by atoms with Crippen molar-refractivity contribution in [2.75, 3.05) is 26.8 Å². The summed E-state index contributed by atoms with van der Waals surface area (Å²) in [4.78, 5) is 23.8. The highest BCUT2D eigenvalue weighted by Gasteiger charge is 2.26. The van der Waals surface area contributed by atoms with Crippen LogP contribution in [-0.4, -0.2) is 57.4 Å². The molecule has 4 rings (SSSR count). The normalized spacial score (nSPS) is 16.1. The van der Waals surface area contributed by atoms with Gasteiger partial charge in [0.2, 0.25) is 5.91 Å². The molecule has 1 aliphatic rings. The van der Waals surface area contributed by atoms with E-state index in [1.165, 1.54) is 5.56 Å². The number of pyridine rings is 1. The Labute approximate surface area is 194 Å². The monoisotopic (exact) mass is 449 g/mol. The molecule has 0 unspecified atom stereocenters. The largest absolute Gasteiger partial charge is 0.497 e. The maximum Gasteiger partial charge on any atom is 0.224 e. The van der Waals surface area contributed by atoms with Gasteiger partial charge in [0.05, 0.1) is 32.5 Å². The molecule has 1 amide bonds. The zero-order valence-electron chi connectivity index (χ0n) is 19.7. The minimum Gasteiger partial charge on any atom is -0.497 e. The summed E-state index contributed by atoms with van der Waals surface area (Å²) in [6.45, 7) is 7.87. The number of aryl methyl sites for hydroxylation is 4. The summed E-state index contributed by atoms with van der Waals surface area (Å²) >= 11 is 0. The average molecular weight is 450 g/mol. The lowest BCUT2D eigenvalue weighted by Crippen LogP contribution is -2.42. The number of aromatic nitrogens is 4. The Hall–Kier alpha value is -3.26. The van der Waals surface area contributed by atoms with Crippen molar-refractivity contribution in [3.63, 3.8) is 0 Å². The Kier molecular flexibility index (Phi) is 7.03. The minimum atomic E-state index is -0.234. The number of hydrogen-bond acceptors (Lipinski definition) is 6. The van der Waals surface area contributed by atoms with Crippen LogP contribution in [0.25, 0.3) is 0 Å². The molecule has 1 fully saturated rings. The van der Waals surface area contributed by atoms with E-state index in [1.807, 2.05) is 43.9 Å². The van der Waals surface area contributed by atoms with E-state index in [0.717, 1.165) is 40.8 Å². The molecular formula is C25H31N5O3. The predicted molar refractivity (Wildman–Crippen MR) is 124 cm³/mol. The summed E-state index contributed by atoms with van der Waals surface area (Å²) in [6.07, 6.45) is 0.931. The van der Waals surface area contributed by atoms with E-state index in [-0.39, 0.29) is 12.0 Å². The molecule has 3 aromatic rings. The summed E-state index contributed by atoms with van der Waals surface area (Å²) in [7, 11) is 1.68.